The third-order valence-corrected chi connectivity index (χ3v) is 15.6. The predicted octanol–water partition coefficient (Wildman–Crippen LogP) is 8.08. The van der Waals surface area contributed by atoms with E-state index in [2.05, 4.69) is 5.16 Å². The topological polar surface area (TPSA) is 128 Å². The number of aromatic nitrogens is 1. The number of aliphatic hydroxyl groups excluding tert-OH is 1. The number of carbonyl (C=O) groups is 3. The highest BCUT2D eigenvalue weighted by Gasteiger charge is 2.67. The van der Waals surface area contributed by atoms with Crippen molar-refractivity contribution in [1.82, 2.24) is 10.1 Å². The van der Waals surface area contributed by atoms with E-state index in [-0.39, 0.29) is 63.9 Å². The molecule has 268 valence electrons. The number of Topliss-reactive ketones (excluding diaryl/α,β-unsaturated/α-hetero) is 2. The third-order valence-electron chi connectivity index (χ3n) is 10.7. The summed E-state index contributed by atoms with van der Waals surface area (Å²) >= 11 is 6.65. The maximum absolute atomic E-state index is 15.9. The lowest BCUT2D eigenvalue weighted by Crippen LogP contribution is -2.65. The molecule has 3 aliphatic rings. The molecular formula is C36H48ClFN2O8Si. The lowest BCUT2D eigenvalue weighted by Gasteiger charge is -2.55. The predicted molar refractivity (Wildman–Crippen MR) is 185 cm³/mol. The van der Waals surface area contributed by atoms with Crippen LogP contribution in [0.2, 0.25) is 23.2 Å². The summed E-state index contributed by atoms with van der Waals surface area (Å²) in [5.74, 6) is -4.30. The molecular weight excluding hydrogens is 671 g/mol. The monoisotopic (exact) mass is 718 g/mol. The van der Waals surface area contributed by atoms with Gasteiger partial charge in [-0.3, -0.25) is 19.3 Å². The quantitative estimate of drug-likeness (QED) is 0.131. The fourth-order valence-corrected chi connectivity index (χ4v) is 8.92. The van der Waals surface area contributed by atoms with Crippen LogP contribution in [0.5, 0.6) is 11.6 Å². The van der Waals surface area contributed by atoms with Crippen LogP contribution in [0.25, 0.3) is 0 Å². The number of rotatable bonds is 12. The van der Waals surface area contributed by atoms with E-state index in [4.69, 9.17) is 30.0 Å². The largest absolute Gasteiger partial charge is 0.508 e. The molecule has 0 bridgehead atoms. The number of unbranched alkanes of at least 4 members (excludes halogenated alkanes) is 2. The Bertz CT molecular complexity index is 1700. The van der Waals surface area contributed by atoms with Gasteiger partial charge in [-0.2, -0.15) is 0 Å². The second-order valence-electron chi connectivity index (χ2n) is 15.1. The van der Waals surface area contributed by atoms with Crippen LogP contribution in [0.1, 0.15) is 115 Å². The normalized spacial score (nSPS) is 23.6. The minimum atomic E-state index is -2.90. The molecule has 1 aromatic heterocycles. The zero-order valence-electron chi connectivity index (χ0n) is 29.9. The second-order valence-corrected chi connectivity index (χ2v) is 20.2. The number of aliphatic hydroxyl groups is 1. The van der Waals surface area contributed by atoms with Gasteiger partial charge in [-0.1, -0.05) is 59.1 Å². The summed E-state index contributed by atoms with van der Waals surface area (Å²) < 4.78 is 40.7. The average molecular weight is 719 g/mol. The van der Waals surface area contributed by atoms with Crippen molar-refractivity contribution in [2.45, 2.75) is 103 Å². The first-order valence-electron chi connectivity index (χ1n) is 17.1. The van der Waals surface area contributed by atoms with Crippen LogP contribution in [0, 0.1) is 17.7 Å². The Morgan fingerprint density at radius 1 is 1.12 bits per heavy atom. The Kier molecular flexibility index (Phi) is 10.3. The number of aldehydes is 1. The maximum atomic E-state index is 15.9. The summed E-state index contributed by atoms with van der Waals surface area (Å²) in [4.78, 5) is 43.8. The Hall–Kier alpha value is -3.06. The molecule has 0 amide bonds. The molecule has 13 heteroatoms. The molecule has 2 aromatic rings. The average Bonchev–Trinajstić information content (AvgIpc) is 3.43. The summed E-state index contributed by atoms with van der Waals surface area (Å²) in [6.45, 7) is 14.4. The molecule has 1 aromatic carbocycles. The van der Waals surface area contributed by atoms with Crippen molar-refractivity contribution in [3.05, 3.63) is 50.2 Å². The van der Waals surface area contributed by atoms with Crippen LogP contribution in [-0.2, 0) is 10.8 Å². The van der Waals surface area contributed by atoms with Crippen LogP contribution < -0.4 is 9.47 Å². The van der Waals surface area contributed by atoms with Crippen LogP contribution >= 0.6 is 11.6 Å². The SMILES string of the molecule is CCCCOc1noc2c1C(=O)[C@@]1(O[Si](C)(C)C(C)(C)C)C(O)=C3C(=O)c4c(c(Cl)c(C=O)c(F)c4OCCCC)C[C@H]3C[C@H]1[C@@H]2N(C)C. The fourth-order valence-electron chi connectivity index (χ4n) is 7.17. The summed E-state index contributed by atoms with van der Waals surface area (Å²) in [6.07, 6.45) is 3.53. The summed E-state index contributed by atoms with van der Waals surface area (Å²) in [6, 6.07) is -0.615. The molecule has 4 atom stereocenters. The van der Waals surface area contributed by atoms with Gasteiger partial charge in [0.15, 0.2) is 43.3 Å². The highest BCUT2D eigenvalue weighted by atomic mass is 35.5. The second kappa shape index (κ2) is 13.6. The summed E-state index contributed by atoms with van der Waals surface area (Å²) in [5, 5.41) is 16.3. The number of benzene rings is 1. The Balaban J connectivity index is 1.81. The number of ether oxygens (including phenoxy) is 2. The molecule has 10 nitrogen and oxygen atoms in total. The van der Waals surface area contributed by atoms with Gasteiger partial charge in [-0.15, -0.1) is 0 Å². The molecule has 1 N–H and O–H groups in total. The summed E-state index contributed by atoms with van der Waals surface area (Å²) in [5.41, 5.74) is -2.24. The summed E-state index contributed by atoms with van der Waals surface area (Å²) in [7, 11) is 0.783. The number of hydrogen-bond donors (Lipinski definition) is 1. The van der Waals surface area contributed by atoms with E-state index in [9.17, 15) is 14.7 Å². The minimum Gasteiger partial charge on any atom is -0.508 e. The third kappa shape index (κ3) is 5.86. The zero-order valence-corrected chi connectivity index (χ0v) is 31.7. The molecule has 0 fully saturated rings. The Morgan fingerprint density at radius 2 is 1.76 bits per heavy atom. The van der Waals surface area contributed by atoms with E-state index in [0.717, 1.165) is 19.3 Å². The van der Waals surface area contributed by atoms with Gasteiger partial charge < -0.3 is 23.5 Å². The molecule has 0 unspecified atom stereocenters. The van der Waals surface area contributed by atoms with Gasteiger partial charge in [-0.25, -0.2) is 4.39 Å². The van der Waals surface area contributed by atoms with Crippen LogP contribution in [-0.4, -0.2) is 74.2 Å². The number of ketones is 2. The maximum Gasteiger partial charge on any atom is 0.265 e. The molecule has 49 heavy (non-hydrogen) atoms. The number of carbonyl (C=O) groups excluding carboxylic acids is 3. The molecule has 0 aliphatic heterocycles. The van der Waals surface area contributed by atoms with E-state index < -0.39 is 60.0 Å². The first-order chi connectivity index (χ1) is 23.0. The lowest BCUT2D eigenvalue weighted by atomic mass is 9.58. The van der Waals surface area contributed by atoms with Crippen molar-refractivity contribution in [1.29, 1.82) is 0 Å². The van der Waals surface area contributed by atoms with Crippen molar-refractivity contribution >= 4 is 37.8 Å². The molecule has 5 rings (SSSR count). The fraction of sp³-hybridized carbons (Fsp3) is 0.611. The van der Waals surface area contributed by atoms with Crippen molar-refractivity contribution < 1.29 is 42.3 Å². The van der Waals surface area contributed by atoms with Crippen LogP contribution in [0.4, 0.5) is 4.39 Å². The van der Waals surface area contributed by atoms with E-state index in [1.54, 1.807) is 0 Å². The van der Waals surface area contributed by atoms with E-state index >= 15 is 9.18 Å². The molecule has 0 radical (unpaired) electrons. The van der Waals surface area contributed by atoms with Gasteiger partial charge in [0.05, 0.1) is 35.4 Å². The molecule has 0 saturated carbocycles. The van der Waals surface area contributed by atoms with E-state index in [1.807, 2.05) is 66.7 Å². The van der Waals surface area contributed by atoms with Gasteiger partial charge in [0, 0.05) is 11.5 Å². The Morgan fingerprint density at radius 3 is 2.33 bits per heavy atom. The molecule has 0 spiro atoms. The number of fused-ring (bicyclic) bond motifs is 4. The molecule has 0 saturated heterocycles. The van der Waals surface area contributed by atoms with E-state index in [1.165, 1.54) is 0 Å². The highest BCUT2D eigenvalue weighted by molar-refractivity contribution is 6.74. The molecule has 1 heterocycles. The van der Waals surface area contributed by atoms with Crippen molar-refractivity contribution in [2.24, 2.45) is 11.8 Å². The zero-order chi connectivity index (χ0) is 36.2. The number of allylic oxidation sites excluding steroid dienone is 1. The molecule has 3 aliphatic carbocycles. The standard InChI is InChI=1S/C36H48ClFN2O8Si/c1-10-12-14-45-30-24-20(26(37)21(18-41)27(30)38)16-19-17-22-28(40(6)7)31-25(34(39-47-31)46-15-13-11-2)33(44)36(22,32(43)23(19)29(24)42)48-49(8,9)35(3,4)5/h18-19,22,28,43H,10-17H2,1-9H3/t19-,22-,28-,36-/m0/s1. The van der Waals surface area contributed by atoms with Gasteiger partial charge in [0.1, 0.15) is 11.3 Å². The van der Waals surface area contributed by atoms with Crippen molar-refractivity contribution in [2.75, 3.05) is 27.3 Å². The smallest absolute Gasteiger partial charge is 0.265 e. The van der Waals surface area contributed by atoms with Crippen molar-refractivity contribution in [3.63, 3.8) is 0 Å². The number of nitrogens with zero attached hydrogens (tertiary/aromatic N) is 2. The van der Waals surface area contributed by atoms with E-state index in [0.29, 0.717) is 25.1 Å². The van der Waals surface area contributed by atoms with Crippen LogP contribution in [0.15, 0.2) is 15.9 Å². The van der Waals surface area contributed by atoms with Gasteiger partial charge >= 0.3 is 0 Å². The highest BCUT2D eigenvalue weighted by Crippen LogP contribution is 2.60. The van der Waals surface area contributed by atoms with Crippen LogP contribution in [0.3, 0.4) is 0 Å². The van der Waals surface area contributed by atoms with Gasteiger partial charge in [-0.05, 0) is 74.5 Å². The first-order valence-corrected chi connectivity index (χ1v) is 20.4. The number of hydrogen-bond acceptors (Lipinski definition) is 10. The Labute approximate surface area is 293 Å². The van der Waals surface area contributed by atoms with Crippen molar-refractivity contribution in [3.8, 4) is 11.6 Å². The minimum absolute atomic E-state index is 0.0130. The van der Waals surface area contributed by atoms with Gasteiger partial charge in [0.25, 0.3) is 5.88 Å². The van der Waals surface area contributed by atoms with Gasteiger partial charge in [0.2, 0.25) is 5.78 Å². The number of halogens is 2. The lowest BCUT2D eigenvalue weighted by molar-refractivity contribution is -0.0480. The first kappa shape index (κ1) is 37.2.